The molecule has 0 bridgehead atoms. The Morgan fingerprint density at radius 3 is 2.75 bits per heavy atom. The monoisotopic (exact) mass is 399 g/mol. The minimum Gasteiger partial charge on any atom is -0.481 e. The molecule has 0 unspecified atom stereocenters. The van der Waals surface area contributed by atoms with E-state index in [4.69, 9.17) is 4.74 Å². The third kappa shape index (κ3) is 3.65. The number of hydrogen-bond donors (Lipinski definition) is 1. The number of amides is 1. The lowest BCUT2D eigenvalue weighted by atomic mass is 10.1. The average Bonchev–Trinajstić information content (AvgIpc) is 3.06. The summed E-state index contributed by atoms with van der Waals surface area (Å²) < 4.78 is 6.50. The highest BCUT2D eigenvalue weighted by atomic mass is 32.1. The SMILES string of the molecule is COc1ncccc1CNC(=O)c1sc(-c2c(C)c(C)nn(C)c2=O)nc1C. The number of thiazole rings is 1. The molecule has 3 heterocycles. The van der Waals surface area contributed by atoms with Crippen LogP contribution in [0.5, 0.6) is 5.88 Å². The van der Waals surface area contributed by atoms with E-state index in [2.05, 4.69) is 20.4 Å². The van der Waals surface area contributed by atoms with Gasteiger partial charge in [-0.25, -0.2) is 14.6 Å². The van der Waals surface area contributed by atoms with Gasteiger partial charge in [0.1, 0.15) is 9.88 Å². The summed E-state index contributed by atoms with van der Waals surface area (Å²) in [5.74, 6) is 0.211. The molecule has 0 aliphatic carbocycles. The van der Waals surface area contributed by atoms with Gasteiger partial charge in [-0.1, -0.05) is 6.07 Å². The average molecular weight is 399 g/mol. The first-order valence-corrected chi connectivity index (χ1v) is 9.43. The number of aryl methyl sites for hydroxylation is 3. The molecule has 0 spiro atoms. The number of methoxy groups -OCH3 is 1. The highest BCUT2D eigenvalue weighted by molar-refractivity contribution is 7.17. The Morgan fingerprint density at radius 2 is 2.04 bits per heavy atom. The van der Waals surface area contributed by atoms with Crippen LogP contribution in [0.1, 0.15) is 32.2 Å². The molecule has 0 aliphatic rings. The maximum absolute atomic E-state index is 12.7. The Kier molecular flexibility index (Phi) is 5.55. The van der Waals surface area contributed by atoms with Crippen molar-refractivity contribution in [2.45, 2.75) is 27.3 Å². The molecule has 0 radical (unpaired) electrons. The zero-order valence-corrected chi connectivity index (χ0v) is 17.2. The Labute approximate surface area is 166 Å². The van der Waals surface area contributed by atoms with E-state index in [1.54, 1.807) is 26.2 Å². The molecule has 0 fully saturated rings. The summed E-state index contributed by atoms with van der Waals surface area (Å²) in [6.45, 7) is 5.71. The van der Waals surface area contributed by atoms with Gasteiger partial charge in [0.15, 0.2) is 0 Å². The summed E-state index contributed by atoms with van der Waals surface area (Å²) in [7, 11) is 3.14. The molecule has 1 amide bonds. The zero-order valence-electron chi connectivity index (χ0n) is 16.4. The molecule has 1 N–H and O–H groups in total. The predicted molar refractivity (Wildman–Crippen MR) is 107 cm³/mol. The van der Waals surface area contributed by atoms with Gasteiger partial charge in [-0.2, -0.15) is 5.10 Å². The van der Waals surface area contributed by atoms with Crippen molar-refractivity contribution in [3.05, 3.63) is 56.1 Å². The maximum atomic E-state index is 12.7. The molecule has 0 saturated heterocycles. The molecule has 3 aromatic rings. The number of nitrogens with one attached hydrogen (secondary N) is 1. The van der Waals surface area contributed by atoms with Crippen molar-refractivity contribution in [3.8, 4) is 16.5 Å². The number of rotatable bonds is 5. The fourth-order valence-corrected chi connectivity index (χ4v) is 3.89. The van der Waals surface area contributed by atoms with Crippen LogP contribution in [0.2, 0.25) is 0 Å². The standard InChI is InChI=1S/C19H21N5O3S/c1-10-11(2)23-24(4)19(26)14(10)18-22-12(3)15(28-18)16(25)21-9-13-7-6-8-20-17(13)27-5/h6-8H,9H2,1-5H3,(H,21,25). The number of hydrogen-bond acceptors (Lipinski definition) is 7. The zero-order chi connectivity index (χ0) is 20.4. The normalized spacial score (nSPS) is 10.8. The fourth-order valence-electron chi connectivity index (χ4n) is 2.81. The largest absolute Gasteiger partial charge is 0.481 e. The van der Waals surface area contributed by atoms with Gasteiger partial charge in [0, 0.05) is 25.4 Å². The number of pyridine rings is 1. The number of carbonyl (C=O) groups is 1. The van der Waals surface area contributed by atoms with Crippen LogP contribution in [0.25, 0.3) is 10.6 Å². The van der Waals surface area contributed by atoms with Gasteiger partial charge in [-0.3, -0.25) is 9.59 Å². The lowest BCUT2D eigenvalue weighted by molar-refractivity contribution is 0.0954. The lowest BCUT2D eigenvalue weighted by Crippen LogP contribution is -2.23. The quantitative estimate of drug-likeness (QED) is 0.706. The summed E-state index contributed by atoms with van der Waals surface area (Å²) in [4.78, 5) is 34.3. The van der Waals surface area contributed by atoms with Crippen LogP contribution in [0.15, 0.2) is 23.1 Å². The van der Waals surface area contributed by atoms with E-state index >= 15 is 0 Å². The van der Waals surface area contributed by atoms with Crippen molar-refractivity contribution in [2.75, 3.05) is 7.11 Å². The molecule has 146 valence electrons. The molecule has 0 atom stereocenters. The van der Waals surface area contributed by atoms with Gasteiger partial charge in [-0.15, -0.1) is 11.3 Å². The van der Waals surface area contributed by atoms with Crippen molar-refractivity contribution in [3.63, 3.8) is 0 Å². The number of aromatic nitrogens is 4. The third-order valence-corrected chi connectivity index (χ3v) is 5.60. The summed E-state index contributed by atoms with van der Waals surface area (Å²) in [5.41, 5.74) is 3.12. The summed E-state index contributed by atoms with van der Waals surface area (Å²) in [6, 6.07) is 3.62. The van der Waals surface area contributed by atoms with E-state index in [9.17, 15) is 9.59 Å². The second-order valence-electron chi connectivity index (χ2n) is 6.30. The lowest BCUT2D eigenvalue weighted by Gasteiger charge is -2.08. The second kappa shape index (κ2) is 7.89. The fraction of sp³-hybridized carbons (Fsp3) is 0.316. The summed E-state index contributed by atoms with van der Waals surface area (Å²) >= 11 is 1.20. The molecular formula is C19H21N5O3S. The smallest absolute Gasteiger partial charge is 0.277 e. The van der Waals surface area contributed by atoms with Crippen LogP contribution >= 0.6 is 11.3 Å². The Bertz CT molecular complexity index is 1100. The first-order valence-electron chi connectivity index (χ1n) is 8.61. The summed E-state index contributed by atoms with van der Waals surface area (Å²) in [5, 5.41) is 7.57. The van der Waals surface area contributed by atoms with Crippen LogP contribution in [0, 0.1) is 20.8 Å². The minimum atomic E-state index is -0.257. The topological polar surface area (TPSA) is 99.0 Å². The molecule has 3 aromatic heterocycles. The van der Waals surface area contributed by atoms with Crippen molar-refractivity contribution in [2.24, 2.45) is 7.05 Å². The van der Waals surface area contributed by atoms with E-state index in [1.807, 2.05) is 19.9 Å². The van der Waals surface area contributed by atoms with Crippen LogP contribution in [0.3, 0.4) is 0 Å². The molecule has 28 heavy (non-hydrogen) atoms. The highest BCUT2D eigenvalue weighted by Crippen LogP contribution is 2.28. The van der Waals surface area contributed by atoms with Crippen LogP contribution in [0.4, 0.5) is 0 Å². The molecule has 0 aliphatic heterocycles. The van der Waals surface area contributed by atoms with Crippen molar-refractivity contribution < 1.29 is 9.53 Å². The molecule has 0 aromatic carbocycles. The van der Waals surface area contributed by atoms with Gasteiger partial charge in [0.05, 0.1) is 24.1 Å². The van der Waals surface area contributed by atoms with Gasteiger partial charge < -0.3 is 10.1 Å². The minimum absolute atomic E-state index is 0.232. The second-order valence-corrected chi connectivity index (χ2v) is 7.30. The predicted octanol–water partition coefficient (Wildman–Crippen LogP) is 2.16. The van der Waals surface area contributed by atoms with Gasteiger partial charge in [-0.05, 0) is 32.4 Å². The van der Waals surface area contributed by atoms with Crippen molar-refractivity contribution in [1.82, 2.24) is 25.1 Å². The number of nitrogens with zero attached hydrogens (tertiary/aromatic N) is 4. The van der Waals surface area contributed by atoms with E-state index in [0.717, 1.165) is 16.8 Å². The molecule has 3 rings (SSSR count). The maximum Gasteiger partial charge on any atom is 0.277 e. The highest BCUT2D eigenvalue weighted by Gasteiger charge is 2.21. The number of ether oxygens (including phenoxy) is 1. The Hall–Kier alpha value is -3.07. The van der Waals surface area contributed by atoms with Crippen molar-refractivity contribution in [1.29, 1.82) is 0 Å². The van der Waals surface area contributed by atoms with E-state index in [0.29, 0.717) is 27.0 Å². The van der Waals surface area contributed by atoms with E-state index in [1.165, 1.54) is 23.1 Å². The first-order chi connectivity index (χ1) is 13.3. The Morgan fingerprint density at radius 1 is 1.29 bits per heavy atom. The van der Waals surface area contributed by atoms with Gasteiger partial charge in [0.25, 0.3) is 11.5 Å². The Balaban J connectivity index is 1.89. The van der Waals surface area contributed by atoms with E-state index < -0.39 is 0 Å². The summed E-state index contributed by atoms with van der Waals surface area (Å²) in [6.07, 6.45) is 1.63. The van der Waals surface area contributed by atoms with Gasteiger partial charge >= 0.3 is 0 Å². The van der Waals surface area contributed by atoms with Crippen LogP contribution < -0.4 is 15.6 Å². The molecule has 8 nitrogen and oxygen atoms in total. The van der Waals surface area contributed by atoms with Gasteiger partial charge in [0.2, 0.25) is 5.88 Å². The third-order valence-electron chi connectivity index (χ3n) is 4.42. The molecule has 0 saturated carbocycles. The number of carbonyl (C=O) groups excluding carboxylic acids is 1. The van der Waals surface area contributed by atoms with Crippen LogP contribution in [-0.2, 0) is 13.6 Å². The molecular weight excluding hydrogens is 378 g/mol. The van der Waals surface area contributed by atoms with E-state index in [-0.39, 0.29) is 18.0 Å². The van der Waals surface area contributed by atoms with Crippen LogP contribution in [-0.4, -0.2) is 32.8 Å². The molecule has 9 heteroatoms. The van der Waals surface area contributed by atoms with Crippen molar-refractivity contribution >= 4 is 17.2 Å². The first kappa shape index (κ1) is 19.7.